The Morgan fingerprint density at radius 3 is 2.30 bits per heavy atom. The number of hydrogen-bond donors (Lipinski definition) is 2. The summed E-state index contributed by atoms with van der Waals surface area (Å²) in [6.45, 7) is 4.59. The number of para-hydroxylation sites is 2. The monoisotopic (exact) mass is 470 g/mol. The van der Waals surface area contributed by atoms with Crippen molar-refractivity contribution in [2.24, 2.45) is 0 Å². The van der Waals surface area contributed by atoms with Gasteiger partial charge in [-0.05, 0) is 62.4 Å². The van der Waals surface area contributed by atoms with Crippen LogP contribution in [0, 0.1) is 0 Å². The molecule has 0 saturated heterocycles. The van der Waals surface area contributed by atoms with Gasteiger partial charge in [-0.25, -0.2) is 8.42 Å². The van der Waals surface area contributed by atoms with Gasteiger partial charge in [0.15, 0.2) is 11.5 Å². The van der Waals surface area contributed by atoms with Crippen LogP contribution in [0.5, 0.6) is 17.2 Å². The number of ether oxygens (including phenoxy) is 3. The van der Waals surface area contributed by atoms with Gasteiger partial charge in [-0.15, -0.1) is 0 Å². The largest absolute Gasteiger partial charge is 0.495 e. The zero-order valence-corrected chi connectivity index (χ0v) is 19.4. The first-order chi connectivity index (χ1) is 15.9. The summed E-state index contributed by atoms with van der Waals surface area (Å²) in [5.41, 5.74) is 0.990. The van der Waals surface area contributed by atoms with E-state index in [1.165, 1.54) is 19.2 Å². The Morgan fingerprint density at radius 2 is 1.58 bits per heavy atom. The van der Waals surface area contributed by atoms with Crippen LogP contribution in [0.4, 0.5) is 11.4 Å². The molecule has 2 N–H and O–H groups in total. The molecule has 0 unspecified atom stereocenters. The number of rotatable bonds is 10. The van der Waals surface area contributed by atoms with Crippen molar-refractivity contribution in [3.63, 3.8) is 0 Å². The standard InChI is InChI=1S/C24H26N2O6S/c1-4-31-22-14-13-17(15-23(22)32-5-2)24(27)25-18-9-8-10-19(16-18)33(28,29)26-20-11-6-7-12-21(20)30-3/h6-16,26H,4-5H2,1-3H3,(H,25,27). The lowest BCUT2D eigenvalue weighted by Gasteiger charge is -2.14. The second-order valence-corrected chi connectivity index (χ2v) is 8.50. The Kier molecular flexibility index (Phi) is 7.78. The van der Waals surface area contributed by atoms with Gasteiger partial charge in [0.1, 0.15) is 5.75 Å². The van der Waals surface area contributed by atoms with Crippen LogP contribution < -0.4 is 24.2 Å². The van der Waals surface area contributed by atoms with E-state index in [9.17, 15) is 13.2 Å². The van der Waals surface area contributed by atoms with Gasteiger partial charge in [0.2, 0.25) is 0 Å². The summed E-state index contributed by atoms with van der Waals surface area (Å²) in [5, 5.41) is 2.73. The van der Waals surface area contributed by atoms with E-state index >= 15 is 0 Å². The molecule has 0 radical (unpaired) electrons. The Bertz CT molecular complexity index is 1230. The maximum atomic E-state index is 12.9. The highest BCUT2D eigenvalue weighted by molar-refractivity contribution is 7.92. The molecule has 174 valence electrons. The third kappa shape index (κ3) is 5.95. The molecular formula is C24H26N2O6S. The normalized spacial score (nSPS) is 10.9. The topological polar surface area (TPSA) is 103 Å². The van der Waals surface area contributed by atoms with Crippen molar-refractivity contribution in [1.82, 2.24) is 0 Å². The molecule has 0 bridgehead atoms. The number of sulfonamides is 1. The van der Waals surface area contributed by atoms with E-state index < -0.39 is 15.9 Å². The van der Waals surface area contributed by atoms with Gasteiger partial charge in [0, 0.05) is 11.3 Å². The quantitative estimate of drug-likeness (QED) is 0.451. The summed E-state index contributed by atoms with van der Waals surface area (Å²) in [4.78, 5) is 12.8. The molecule has 0 aliphatic carbocycles. The summed E-state index contributed by atoms with van der Waals surface area (Å²) in [6, 6.07) is 17.6. The first kappa shape index (κ1) is 23.9. The van der Waals surface area contributed by atoms with Crippen LogP contribution in [-0.4, -0.2) is 34.6 Å². The Morgan fingerprint density at radius 1 is 0.848 bits per heavy atom. The molecule has 3 aromatic carbocycles. The number of amides is 1. The molecular weight excluding hydrogens is 444 g/mol. The first-order valence-electron chi connectivity index (χ1n) is 10.3. The van der Waals surface area contributed by atoms with E-state index in [1.807, 2.05) is 13.8 Å². The second kappa shape index (κ2) is 10.7. The molecule has 0 heterocycles. The van der Waals surface area contributed by atoms with Crippen molar-refractivity contribution in [2.45, 2.75) is 18.7 Å². The van der Waals surface area contributed by atoms with Crippen LogP contribution in [0.1, 0.15) is 24.2 Å². The van der Waals surface area contributed by atoms with Crippen LogP contribution in [0.2, 0.25) is 0 Å². The molecule has 3 aromatic rings. The highest BCUT2D eigenvalue weighted by Crippen LogP contribution is 2.30. The van der Waals surface area contributed by atoms with E-state index in [1.54, 1.807) is 54.6 Å². The van der Waals surface area contributed by atoms with E-state index in [2.05, 4.69) is 10.0 Å². The predicted octanol–water partition coefficient (Wildman–Crippen LogP) is 4.55. The van der Waals surface area contributed by atoms with Crippen molar-refractivity contribution in [3.05, 3.63) is 72.3 Å². The minimum Gasteiger partial charge on any atom is -0.495 e. The molecule has 0 saturated carbocycles. The van der Waals surface area contributed by atoms with Crippen molar-refractivity contribution in [2.75, 3.05) is 30.4 Å². The summed E-state index contributed by atoms with van der Waals surface area (Å²) in [7, 11) is -2.45. The molecule has 0 aliphatic heterocycles. The number of carbonyl (C=O) groups is 1. The fourth-order valence-corrected chi connectivity index (χ4v) is 4.19. The van der Waals surface area contributed by atoms with Crippen LogP contribution in [-0.2, 0) is 10.0 Å². The zero-order valence-electron chi connectivity index (χ0n) is 18.6. The van der Waals surface area contributed by atoms with Crippen molar-refractivity contribution < 1.29 is 27.4 Å². The lowest BCUT2D eigenvalue weighted by atomic mass is 10.2. The SMILES string of the molecule is CCOc1ccc(C(=O)Nc2cccc(S(=O)(=O)Nc3ccccc3OC)c2)cc1OCC. The van der Waals surface area contributed by atoms with Gasteiger partial charge in [0.05, 0.1) is 30.9 Å². The summed E-state index contributed by atoms with van der Waals surface area (Å²) < 4.78 is 44.6. The molecule has 9 heteroatoms. The van der Waals surface area contributed by atoms with Crippen molar-refractivity contribution >= 4 is 27.3 Å². The number of carbonyl (C=O) groups excluding carboxylic acids is 1. The molecule has 3 rings (SSSR count). The van der Waals surface area contributed by atoms with E-state index in [4.69, 9.17) is 14.2 Å². The Labute approximate surface area is 193 Å². The fraction of sp³-hybridized carbons (Fsp3) is 0.208. The van der Waals surface area contributed by atoms with Crippen LogP contribution >= 0.6 is 0 Å². The van der Waals surface area contributed by atoms with E-state index in [-0.39, 0.29) is 4.90 Å². The smallest absolute Gasteiger partial charge is 0.262 e. The number of nitrogens with one attached hydrogen (secondary N) is 2. The van der Waals surface area contributed by atoms with Crippen LogP contribution in [0.15, 0.2) is 71.6 Å². The third-order valence-electron chi connectivity index (χ3n) is 4.56. The highest BCUT2D eigenvalue weighted by atomic mass is 32.2. The minimum atomic E-state index is -3.91. The number of benzene rings is 3. The average Bonchev–Trinajstić information content (AvgIpc) is 2.81. The Balaban J connectivity index is 1.81. The lowest BCUT2D eigenvalue weighted by molar-refractivity contribution is 0.102. The van der Waals surface area contributed by atoms with Crippen molar-refractivity contribution in [1.29, 1.82) is 0 Å². The van der Waals surface area contributed by atoms with Crippen molar-refractivity contribution in [3.8, 4) is 17.2 Å². The summed E-state index contributed by atoms with van der Waals surface area (Å²) >= 11 is 0. The molecule has 0 fully saturated rings. The number of methoxy groups -OCH3 is 1. The van der Waals surface area contributed by atoms with Gasteiger partial charge in [-0.2, -0.15) is 0 Å². The second-order valence-electron chi connectivity index (χ2n) is 6.82. The molecule has 0 spiro atoms. The molecule has 0 aromatic heterocycles. The van der Waals surface area contributed by atoms with E-state index in [0.717, 1.165) is 0 Å². The number of hydrogen-bond acceptors (Lipinski definition) is 6. The molecule has 8 nitrogen and oxygen atoms in total. The minimum absolute atomic E-state index is 0.00657. The van der Waals surface area contributed by atoms with Gasteiger partial charge in [-0.1, -0.05) is 18.2 Å². The van der Waals surface area contributed by atoms with Crippen LogP contribution in [0.3, 0.4) is 0 Å². The van der Waals surface area contributed by atoms with Gasteiger partial charge >= 0.3 is 0 Å². The molecule has 0 atom stereocenters. The molecule has 1 amide bonds. The molecule has 33 heavy (non-hydrogen) atoms. The predicted molar refractivity (Wildman–Crippen MR) is 127 cm³/mol. The van der Waals surface area contributed by atoms with E-state index in [0.29, 0.717) is 47.4 Å². The highest BCUT2D eigenvalue weighted by Gasteiger charge is 2.18. The van der Waals surface area contributed by atoms with Gasteiger partial charge < -0.3 is 19.5 Å². The lowest BCUT2D eigenvalue weighted by Crippen LogP contribution is -2.15. The maximum Gasteiger partial charge on any atom is 0.262 e. The van der Waals surface area contributed by atoms with Gasteiger partial charge in [0.25, 0.3) is 15.9 Å². The van der Waals surface area contributed by atoms with Gasteiger partial charge in [-0.3, -0.25) is 9.52 Å². The Hall–Kier alpha value is -3.72. The van der Waals surface area contributed by atoms with Crippen LogP contribution in [0.25, 0.3) is 0 Å². The fourth-order valence-electron chi connectivity index (χ4n) is 3.07. The number of anilines is 2. The summed E-state index contributed by atoms with van der Waals surface area (Å²) in [6.07, 6.45) is 0. The zero-order chi connectivity index (χ0) is 23.8. The first-order valence-corrected chi connectivity index (χ1v) is 11.8. The molecule has 0 aliphatic rings. The third-order valence-corrected chi connectivity index (χ3v) is 5.92. The summed E-state index contributed by atoms with van der Waals surface area (Å²) in [5.74, 6) is 0.994. The maximum absolute atomic E-state index is 12.9. The average molecular weight is 471 g/mol.